The Morgan fingerprint density at radius 3 is 1.53 bits per heavy atom. The normalized spacial score (nSPS) is 11.5. The summed E-state index contributed by atoms with van der Waals surface area (Å²) in [7, 11) is 0. The molecule has 0 saturated heterocycles. The van der Waals surface area contributed by atoms with Gasteiger partial charge in [-0.1, -0.05) is 58.4 Å². The van der Waals surface area contributed by atoms with E-state index in [1.807, 2.05) is 12.1 Å². The van der Waals surface area contributed by atoms with E-state index in [9.17, 15) is 40.3 Å². The van der Waals surface area contributed by atoms with Gasteiger partial charge in [-0.2, -0.15) is 26.3 Å². The highest BCUT2D eigenvalue weighted by molar-refractivity contribution is 6.31. The van der Waals surface area contributed by atoms with Crippen LogP contribution in [0.4, 0.5) is 74.7 Å². The second kappa shape index (κ2) is 17.0. The third-order valence-corrected chi connectivity index (χ3v) is 9.24. The van der Waals surface area contributed by atoms with Crippen molar-refractivity contribution in [1.82, 2.24) is 29.7 Å². The van der Waals surface area contributed by atoms with Crippen molar-refractivity contribution in [1.29, 1.82) is 0 Å². The van der Waals surface area contributed by atoms with Gasteiger partial charge in [0.1, 0.15) is 16.9 Å². The van der Waals surface area contributed by atoms with E-state index in [4.69, 9.17) is 23.1 Å². The first-order chi connectivity index (χ1) is 29.4. The van der Waals surface area contributed by atoms with Crippen molar-refractivity contribution in [2.75, 3.05) is 32.7 Å². The molecule has 14 nitrogen and oxygen atoms in total. The van der Waals surface area contributed by atoms with Crippen LogP contribution >= 0.6 is 11.6 Å². The number of nitrogens with zero attached hydrogens (tertiary/aromatic N) is 6. The van der Waals surface area contributed by atoms with Gasteiger partial charge in [0, 0.05) is 40.6 Å². The first-order valence-electron chi connectivity index (χ1n) is 17.7. The Kier molecular flexibility index (Phi) is 11.5. The number of carbonyl (C=O) groups is 2. The molecule has 4 aromatic heterocycles. The largest absolute Gasteiger partial charge is 0.417 e. The summed E-state index contributed by atoms with van der Waals surface area (Å²) in [6, 6.07) is 24.0. The summed E-state index contributed by atoms with van der Waals surface area (Å²) in [4.78, 5) is 24.3. The van der Waals surface area contributed by atoms with Crippen molar-refractivity contribution >= 4 is 69.1 Å². The maximum atomic E-state index is 13.8. The molecular formula is C40H28ClF7N12O2. The monoisotopic (exact) mass is 876 g/mol. The smallest absolute Gasteiger partial charge is 0.380 e. The molecule has 0 unspecified atom stereocenters. The Bertz CT molecular complexity index is 2940. The number of alkyl halides is 6. The summed E-state index contributed by atoms with van der Waals surface area (Å²) >= 11 is 5.59. The molecule has 0 saturated carbocycles. The molecule has 0 radical (unpaired) electrons. The number of rotatable bonds is 6. The molecule has 0 spiro atoms. The van der Waals surface area contributed by atoms with Crippen LogP contribution < -0.4 is 32.7 Å². The highest BCUT2D eigenvalue weighted by Gasteiger charge is 2.34. The summed E-state index contributed by atoms with van der Waals surface area (Å²) in [5.41, 5.74) is 14.3. The number of pyridine rings is 2. The number of halogens is 8. The minimum absolute atomic E-state index is 0.0405. The molecule has 0 aliphatic rings. The van der Waals surface area contributed by atoms with E-state index < -0.39 is 52.1 Å². The number of hydrogen-bond donors (Lipinski definition) is 6. The van der Waals surface area contributed by atoms with Crippen molar-refractivity contribution in [2.45, 2.75) is 12.4 Å². The number of anilines is 6. The first kappa shape index (κ1) is 42.2. The minimum Gasteiger partial charge on any atom is -0.380 e. The fourth-order valence-electron chi connectivity index (χ4n) is 6.07. The van der Waals surface area contributed by atoms with Gasteiger partial charge in [0.15, 0.2) is 11.6 Å². The molecule has 8 rings (SSSR count). The van der Waals surface area contributed by atoms with E-state index in [-0.39, 0.29) is 11.5 Å². The average molecular weight is 877 g/mol. The van der Waals surface area contributed by atoms with Crippen LogP contribution in [0.2, 0.25) is 5.02 Å². The third-order valence-electron chi connectivity index (χ3n) is 8.91. The van der Waals surface area contributed by atoms with Gasteiger partial charge in [0.2, 0.25) is 0 Å². The molecule has 0 bridgehead atoms. The lowest BCUT2D eigenvalue weighted by Gasteiger charge is -2.12. The van der Waals surface area contributed by atoms with Crippen molar-refractivity contribution in [3.8, 4) is 22.3 Å². The second-order valence-electron chi connectivity index (χ2n) is 13.1. The van der Waals surface area contributed by atoms with E-state index in [2.05, 4.69) is 41.9 Å². The number of nitrogen functional groups attached to an aromatic ring is 2. The Labute approximate surface area is 349 Å². The van der Waals surface area contributed by atoms with Crippen molar-refractivity contribution < 1.29 is 40.3 Å². The quantitative estimate of drug-likeness (QED) is 0.0888. The van der Waals surface area contributed by atoms with E-state index >= 15 is 0 Å². The van der Waals surface area contributed by atoms with Crippen molar-refractivity contribution in [2.24, 2.45) is 0 Å². The minimum atomic E-state index is -4.66. The number of nitrogens with two attached hydrogens (primary N) is 2. The number of urea groups is 2. The van der Waals surface area contributed by atoms with Gasteiger partial charge in [-0.25, -0.2) is 23.0 Å². The maximum absolute atomic E-state index is 13.8. The summed E-state index contributed by atoms with van der Waals surface area (Å²) in [5, 5.41) is 24.5. The SMILES string of the molecule is Nc1nnn2cccc(-c3ccc(NC(=O)Nc4cc(C(F)(F)F)ccc4F)cc3)c12.Nc1nnn2cccc(-c3ccc(NC(=O)Nc4ccc(Cl)c(C(F)(F)F)c4)cc3)c12. The van der Waals surface area contributed by atoms with Gasteiger partial charge >= 0.3 is 24.4 Å². The Morgan fingerprint density at radius 2 is 1.05 bits per heavy atom. The van der Waals surface area contributed by atoms with Gasteiger partial charge in [-0.15, -0.1) is 10.2 Å². The molecule has 4 amide bonds. The van der Waals surface area contributed by atoms with Gasteiger partial charge in [-0.3, -0.25) is 0 Å². The molecule has 0 aliphatic carbocycles. The number of benzene rings is 4. The molecular weight excluding hydrogens is 849 g/mol. The lowest BCUT2D eigenvalue weighted by atomic mass is 10.1. The highest BCUT2D eigenvalue weighted by Crippen LogP contribution is 2.37. The third kappa shape index (κ3) is 9.42. The second-order valence-corrected chi connectivity index (χ2v) is 13.5. The Hall–Kier alpha value is -7.94. The molecule has 22 heteroatoms. The van der Waals surface area contributed by atoms with Crippen LogP contribution in [0.1, 0.15) is 11.1 Å². The summed E-state index contributed by atoms with van der Waals surface area (Å²) in [6.45, 7) is 0. The zero-order chi connectivity index (χ0) is 44.3. The zero-order valence-electron chi connectivity index (χ0n) is 31.2. The number of amides is 4. The number of fused-ring (bicyclic) bond motifs is 2. The fraction of sp³-hybridized carbons (Fsp3) is 0.0500. The standard InChI is InChI=1S/C20H14ClF3N6O.C20H14F4N6O/c21-16-8-7-13(10-15(16)20(22,23)24)27-19(31)26-12-5-3-11(4-6-12)14-2-1-9-30-17(14)18(25)28-29-30;21-15-8-5-12(20(22,23)24)10-16(15)27-19(31)26-13-6-3-11(4-7-13)14-2-1-9-30-17(14)18(25)28-29-30/h2*1-10H,25H2,(H2,26,27,31). The van der Waals surface area contributed by atoms with Crippen molar-refractivity contribution in [3.05, 3.63) is 144 Å². The predicted molar refractivity (Wildman–Crippen MR) is 219 cm³/mol. The first-order valence-corrected chi connectivity index (χ1v) is 18.1. The van der Waals surface area contributed by atoms with Crippen LogP contribution in [0.15, 0.2) is 122 Å². The van der Waals surface area contributed by atoms with Crippen LogP contribution in [0, 0.1) is 5.82 Å². The molecule has 0 atom stereocenters. The number of aromatic nitrogens is 6. The molecule has 4 heterocycles. The zero-order valence-corrected chi connectivity index (χ0v) is 32.0. The van der Waals surface area contributed by atoms with Crippen LogP contribution in [-0.4, -0.2) is 41.7 Å². The van der Waals surface area contributed by atoms with Crippen LogP contribution in [0.5, 0.6) is 0 Å². The Balaban J connectivity index is 0.000000186. The van der Waals surface area contributed by atoms with Gasteiger partial charge < -0.3 is 32.7 Å². The molecule has 0 aliphatic heterocycles. The Morgan fingerprint density at radius 1 is 0.581 bits per heavy atom. The number of nitrogens with one attached hydrogen (secondary N) is 4. The number of hydrogen-bond acceptors (Lipinski definition) is 8. The van der Waals surface area contributed by atoms with Crippen molar-refractivity contribution in [3.63, 3.8) is 0 Å². The van der Waals surface area contributed by atoms with Crippen LogP contribution in [0.3, 0.4) is 0 Å². The van der Waals surface area contributed by atoms with Crippen LogP contribution in [0.25, 0.3) is 33.3 Å². The molecule has 8 aromatic rings. The van der Waals surface area contributed by atoms with E-state index in [0.717, 1.165) is 34.4 Å². The lowest BCUT2D eigenvalue weighted by Crippen LogP contribution is -2.20. The number of carbonyl (C=O) groups excluding carboxylic acids is 2. The van der Waals surface area contributed by atoms with Gasteiger partial charge in [0.25, 0.3) is 0 Å². The van der Waals surface area contributed by atoms with E-state index in [0.29, 0.717) is 46.4 Å². The average Bonchev–Trinajstić information content (AvgIpc) is 3.81. The van der Waals surface area contributed by atoms with Gasteiger partial charge in [0.05, 0.1) is 21.8 Å². The highest BCUT2D eigenvalue weighted by atomic mass is 35.5. The topological polar surface area (TPSA) is 195 Å². The molecule has 0 fully saturated rings. The molecule has 316 valence electrons. The van der Waals surface area contributed by atoms with Crippen LogP contribution in [-0.2, 0) is 12.4 Å². The molecule has 8 N–H and O–H groups in total. The lowest BCUT2D eigenvalue weighted by molar-refractivity contribution is -0.138. The predicted octanol–water partition coefficient (Wildman–Crippen LogP) is 10.1. The molecule has 62 heavy (non-hydrogen) atoms. The van der Waals surface area contributed by atoms with E-state index in [1.165, 1.54) is 10.6 Å². The fourth-order valence-corrected chi connectivity index (χ4v) is 6.30. The molecule has 4 aromatic carbocycles. The van der Waals surface area contributed by atoms with Gasteiger partial charge in [-0.05, 0) is 83.9 Å². The summed E-state index contributed by atoms with van der Waals surface area (Å²) in [6.07, 6.45) is -5.86. The summed E-state index contributed by atoms with van der Waals surface area (Å²) < 4.78 is 94.2. The maximum Gasteiger partial charge on any atom is 0.417 e. The van der Waals surface area contributed by atoms with E-state index in [1.54, 1.807) is 77.6 Å². The summed E-state index contributed by atoms with van der Waals surface area (Å²) in [5.74, 6) is -0.433.